The maximum absolute atomic E-state index is 4.74. The maximum Gasteiger partial charge on any atom is 0.0547 e. The first-order chi connectivity index (χ1) is 10.1. The molecule has 0 aliphatic rings. The zero-order chi connectivity index (χ0) is 15.1. The van der Waals surface area contributed by atoms with E-state index in [0.29, 0.717) is 5.92 Å². The molecule has 0 saturated heterocycles. The Kier molecular flexibility index (Phi) is 6.36. The fourth-order valence-electron chi connectivity index (χ4n) is 2.21. The average Bonchev–Trinajstić information content (AvgIpc) is 2.91. The lowest BCUT2D eigenvalue weighted by molar-refractivity contribution is 0.317. The molecule has 2 aromatic heterocycles. The van der Waals surface area contributed by atoms with Crippen LogP contribution < -0.4 is 5.32 Å². The van der Waals surface area contributed by atoms with Crippen molar-refractivity contribution in [3.63, 3.8) is 0 Å². The maximum atomic E-state index is 4.74. The van der Waals surface area contributed by atoms with Crippen LogP contribution in [0, 0.1) is 5.92 Å². The van der Waals surface area contributed by atoms with Crippen molar-refractivity contribution in [3.05, 3.63) is 52.0 Å². The van der Waals surface area contributed by atoms with Crippen LogP contribution in [0.4, 0.5) is 0 Å². The molecule has 114 valence electrons. The van der Waals surface area contributed by atoms with Gasteiger partial charge < -0.3 is 5.32 Å². The van der Waals surface area contributed by atoms with Crippen molar-refractivity contribution in [3.8, 4) is 0 Å². The summed E-state index contributed by atoms with van der Waals surface area (Å²) in [5.74, 6) is 0.671. The molecule has 3 nitrogen and oxygen atoms in total. The van der Waals surface area contributed by atoms with Crippen LogP contribution >= 0.6 is 11.3 Å². The van der Waals surface area contributed by atoms with Crippen LogP contribution in [-0.4, -0.2) is 23.5 Å². The number of rotatable bonds is 8. The summed E-state index contributed by atoms with van der Waals surface area (Å²) in [7, 11) is 2.14. The third kappa shape index (κ3) is 5.96. The van der Waals surface area contributed by atoms with E-state index in [1.165, 1.54) is 4.88 Å². The molecule has 1 N–H and O–H groups in total. The Morgan fingerprint density at radius 3 is 2.67 bits per heavy atom. The van der Waals surface area contributed by atoms with Gasteiger partial charge in [-0.3, -0.25) is 9.88 Å². The van der Waals surface area contributed by atoms with E-state index in [1.54, 1.807) is 11.3 Å². The second-order valence-electron chi connectivity index (χ2n) is 5.90. The van der Waals surface area contributed by atoms with Gasteiger partial charge in [0.15, 0.2) is 0 Å². The quantitative estimate of drug-likeness (QED) is 0.809. The highest BCUT2D eigenvalue weighted by Crippen LogP contribution is 2.12. The highest BCUT2D eigenvalue weighted by Gasteiger charge is 2.05. The molecule has 0 spiro atoms. The van der Waals surface area contributed by atoms with Crippen LogP contribution in [0.2, 0.25) is 0 Å². The normalized spacial score (nSPS) is 11.5. The van der Waals surface area contributed by atoms with Gasteiger partial charge in [-0.1, -0.05) is 26.0 Å². The van der Waals surface area contributed by atoms with Crippen LogP contribution in [0.25, 0.3) is 0 Å². The molecule has 0 bridgehead atoms. The van der Waals surface area contributed by atoms with Crippen molar-refractivity contribution in [2.24, 2.45) is 5.92 Å². The average molecular weight is 303 g/mol. The fraction of sp³-hybridized carbons (Fsp3) is 0.471. The Labute approximate surface area is 132 Å². The molecule has 0 fully saturated rings. The van der Waals surface area contributed by atoms with Crippen LogP contribution in [0.1, 0.15) is 30.1 Å². The summed E-state index contributed by atoms with van der Waals surface area (Å²) in [4.78, 5) is 8.44. The fourth-order valence-corrected chi connectivity index (χ4v) is 2.99. The Balaban J connectivity index is 1.85. The topological polar surface area (TPSA) is 28.2 Å². The van der Waals surface area contributed by atoms with Crippen molar-refractivity contribution in [1.82, 2.24) is 15.2 Å². The van der Waals surface area contributed by atoms with E-state index in [2.05, 4.69) is 66.8 Å². The number of nitrogens with zero attached hydrogens (tertiary/aromatic N) is 2. The lowest BCUT2D eigenvalue weighted by atomic mass is 10.2. The molecule has 0 aliphatic heterocycles. The molecule has 0 unspecified atom stereocenters. The summed E-state index contributed by atoms with van der Waals surface area (Å²) in [6.07, 6.45) is 0. The number of thiophene rings is 1. The summed E-state index contributed by atoms with van der Waals surface area (Å²) in [5, 5.41) is 5.57. The number of aromatic nitrogens is 1. The molecule has 0 aromatic carbocycles. The van der Waals surface area contributed by atoms with Gasteiger partial charge in [-0.15, -0.1) is 11.3 Å². The second-order valence-corrected chi connectivity index (χ2v) is 6.93. The van der Waals surface area contributed by atoms with E-state index < -0.39 is 0 Å². The molecule has 4 heteroatoms. The summed E-state index contributed by atoms with van der Waals surface area (Å²) in [6.45, 7) is 8.18. The minimum absolute atomic E-state index is 0.671. The lowest BCUT2D eigenvalue weighted by Gasteiger charge is -2.15. The molecule has 21 heavy (non-hydrogen) atoms. The van der Waals surface area contributed by atoms with E-state index in [1.807, 2.05) is 0 Å². The van der Waals surface area contributed by atoms with Crippen LogP contribution in [-0.2, 0) is 19.6 Å². The van der Waals surface area contributed by atoms with E-state index in [-0.39, 0.29) is 0 Å². The molecule has 2 aromatic rings. The third-order valence-electron chi connectivity index (χ3n) is 3.16. The Hall–Kier alpha value is -1.23. The summed E-state index contributed by atoms with van der Waals surface area (Å²) in [5.41, 5.74) is 2.26. The molecule has 0 atom stereocenters. The first-order valence-electron chi connectivity index (χ1n) is 7.50. The SMILES string of the molecule is CC(C)CNCc1cccc(CN(C)Cc2cccs2)n1. The number of hydrogen-bond donors (Lipinski definition) is 1. The predicted molar refractivity (Wildman–Crippen MR) is 90.3 cm³/mol. The highest BCUT2D eigenvalue weighted by atomic mass is 32.1. The minimum Gasteiger partial charge on any atom is -0.311 e. The minimum atomic E-state index is 0.671. The monoisotopic (exact) mass is 303 g/mol. The van der Waals surface area contributed by atoms with Crippen LogP contribution in [0.3, 0.4) is 0 Å². The van der Waals surface area contributed by atoms with Gasteiger partial charge in [0.05, 0.1) is 11.4 Å². The van der Waals surface area contributed by atoms with E-state index in [4.69, 9.17) is 4.98 Å². The molecule has 2 rings (SSSR count). The Morgan fingerprint density at radius 2 is 1.95 bits per heavy atom. The predicted octanol–water partition coefficient (Wildman–Crippen LogP) is 3.52. The Morgan fingerprint density at radius 1 is 1.14 bits per heavy atom. The largest absolute Gasteiger partial charge is 0.311 e. The van der Waals surface area contributed by atoms with Gasteiger partial charge >= 0.3 is 0 Å². The standard InChI is InChI=1S/C17H25N3S/c1-14(2)10-18-11-15-6-4-7-16(19-15)12-20(3)13-17-8-5-9-21-17/h4-9,14,18H,10-13H2,1-3H3. The van der Waals surface area contributed by atoms with Crippen LogP contribution in [0.15, 0.2) is 35.7 Å². The van der Waals surface area contributed by atoms with Gasteiger partial charge in [0.25, 0.3) is 0 Å². The van der Waals surface area contributed by atoms with Crippen molar-refractivity contribution in [2.45, 2.75) is 33.5 Å². The Bertz CT molecular complexity index is 523. The number of hydrogen-bond acceptors (Lipinski definition) is 4. The van der Waals surface area contributed by atoms with Crippen molar-refractivity contribution >= 4 is 11.3 Å². The molecular weight excluding hydrogens is 278 g/mol. The number of nitrogens with one attached hydrogen (secondary N) is 1. The smallest absolute Gasteiger partial charge is 0.0547 e. The molecule has 0 amide bonds. The molecule has 0 aliphatic carbocycles. The summed E-state index contributed by atoms with van der Waals surface area (Å²) in [6, 6.07) is 10.6. The highest BCUT2D eigenvalue weighted by molar-refractivity contribution is 7.09. The van der Waals surface area contributed by atoms with Crippen molar-refractivity contribution in [2.75, 3.05) is 13.6 Å². The van der Waals surface area contributed by atoms with Crippen LogP contribution in [0.5, 0.6) is 0 Å². The zero-order valence-electron chi connectivity index (χ0n) is 13.2. The molecule has 0 radical (unpaired) electrons. The van der Waals surface area contributed by atoms with E-state index >= 15 is 0 Å². The van der Waals surface area contributed by atoms with Gasteiger partial charge in [-0.25, -0.2) is 0 Å². The van der Waals surface area contributed by atoms with E-state index in [9.17, 15) is 0 Å². The summed E-state index contributed by atoms with van der Waals surface area (Å²) >= 11 is 1.81. The van der Waals surface area contributed by atoms with Gasteiger partial charge in [0, 0.05) is 24.5 Å². The molecule has 0 saturated carbocycles. The number of pyridine rings is 1. The lowest BCUT2D eigenvalue weighted by Crippen LogP contribution is -2.21. The van der Waals surface area contributed by atoms with Gasteiger partial charge in [-0.05, 0) is 43.1 Å². The third-order valence-corrected chi connectivity index (χ3v) is 4.02. The van der Waals surface area contributed by atoms with Crippen molar-refractivity contribution in [1.29, 1.82) is 0 Å². The molecule has 2 heterocycles. The van der Waals surface area contributed by atoms with Gasteiger partial charge in [0.1, 0.15) is 0 Å². The zero-order valence-corrected chi connectivity index (χ0v) is 14.0. The van der Waals surface area contributed by atoms with Gasteiger partial charge in [0.2, 0.25) is 0 Å². The van der Waals surface area contributed by atoms with Crippen molar-refractivity contribution < 1.29 is 0 Å². The van der Waals surface area contributed by atoms with Gasteiger partial charge in [-0.2, -0.15) is 0 Å². The first-order valence-corrected chi connectivity index (χ1v) is 8.38. The second kappa shape index (κ2) is 8.27. The first kappa shape index (κ1) is 16.1. The summed E-state index contributed by atoms with van der Waals surface area (Å²) < 4.78 is 0. The molecular formula is C17H25N3S. The van der Waals surface area contributed by atoms with E-state index in [0.717, 1.165) is 37.6 Å².